The highest BCUT2D eigenvalue weighted by Crippen LogP contribution is 2.23. The molecule has 0 radical (unpaired) electrons. The maximum Gasteiger partial charge on any atom is 0.191 e. The molecule has 0 aromatic rings. The van der Waals surface area contributed by atoms with Gasteiger partial charge in [-0.3, -0.25) is 4.99 Å². The predicted octanol–water partition coefficient (Wildman–Crippen LogP) is 3.27. The smallest absolute Gasteiger partial charge is 0.191 e. The summed E-state index contributed by atoms with van der Waals surface area (Å²) >= 11 is 1.89. The van der Waals surface area contributed by atoms with Gasteiger partial charge < -0.3 is 10.6 Å². The first-order valence-corrected chi connectivity index (χ1v) is 8.07. The van der Waals surface area contributed by atoms with Crippen LogP contribution >= 0.6 is 35.7 Å². The summed E-state index contributed by atoms with van der Waals surface area (Å²) < 4.78 is 0. The molecule has 0 unspecified atom stereocenters. The van der Waals surface area contributed by atoms with E-state index in [4.69, 9.17) is 0 Å². The second-order valence-corrected chi connectivity index (χ2v) is 6.11. The second kappa shape index (κ2) is 11.9. The third-order valence-electron chi connectivity index (χ3n) is 3.35. The number of guanidine groups is 1. The van der Waals surface area contributed by atoms with Gasteiger partial charge >= 0.3 is 0 Å². The molecule has 3 nitrogen and oxygen atoms in total. The van der Waals surface area contributed by atoms with Gasteiger partial charge in [-0.1, -0.05) is 13.0 Å². The molecule has 0 aliphatic heterocycles. The maximum absolute atomic E-state index is 4.28. The summed E-state index contributed by atoms with van der Waals surface area (Å²) in [6.45, 7) is 7.02. The van der Waals surface area contributed by atoms with E-state index in [-0.39, 0.29) is 24.0 Å². The molecular formula is C14H28IN3S. The Morgan fingerprint density at radius 3 is 2.63 bits per heavy atom. The molecule has 0 amide bonds. The largest absolute Gasteiger partial charge is 0.356 e. The van der Waals surface area contributed by atoms with Crippen LogP contribution < -0.4 is 10.6 Å². The van der Waals surface area contributed by atoms with Gasteiger partial charge in [0.15, 0.2) is 5.96 Å². The summed E-state index contributed by atoms with van der Waals surface area (Å²) in [5, 5.41) is 6.90. The fraction of sp³-hybridized carbons (Fsp3) is 0.786. The van der Waals surface area contributed by atoms with Gasteiger partial charge in [0, 0.05) is 31.1 Å². The highest BCUT2D eigenvalue weighted by atomic mass is 127. The topological polar surface area (TPSA) is 36.4 Å². The van der Waals surface area contributed by atoms with Crippen LogP contribution in [0.2, 0.25) is 0 Å². The number of thioether (sulfide) groups is 1. The van der Waals surface area contributed by atoms with Crippen LogP contribution in [0, 0.1) is 5.92 Å². The molecule has 2 N–H and O–H groups in total. The van der Waals surface area contributed by atoms with Crippen molar-refractivity contribution in [3.8, 4) is 0 Å². The van der Waals surface area contributed by atoms with Crippen LogP contribution in [0.5, 0.6) is 0 Å². The molecule has 1 fully saturated rings. The first kappa shape index (κ1) is 19.1. The maximum atomic E-state index is 4.28. The van der Waals surface area contributed by atoms with Crippen LogP contribution in [0.3, 0.4) is 0 Å². The van der Waals surface area contributed by atoms with Crippen LogP contribution in [0.25, 0.3) is 0 Å². The molecule has 0 spiro atoms. The van der Waals surface area contributed by atoms with Crippen molar-refractivity contribution in [1.29, 1.82) is 0 Å². The van der Waals surface area contributed by atoms with Gasteiger partial charge in [-0.15, -0.1) is 30.6 Å². The molecule has 0 heterocycles. The molecule has 0 aromatic carbocycles. The molecule has 1 aliphatic carbocycles. The number of hydrogen-bond donors (Lipinski definition) is 2. The highest BCUT2D eigenvalue weighted by molar-refractivity contribution is 14.0. The Balaban J connectivity index is 0.00000324. The van der Waals surface area contributed by atoms with Gasteiger partial charge in [-0.2, -0.15) is 11.8 Å². The van der Waals surface area contributed by atoms with Crippen molar-refractivity contribution in [2.24, 2.45) is 10.9 Å². The molecule has 5 heteroatoms. The molecule has 0 atom stereocenters. The number of halogens is 1. The zero-order valence-corrected chi connectivity index (χ0v) is 15.3. The van der Waals surface area contributed by atoms with Gasteiger partial charge in [-0.05, 0) is 31.6 Å². The van der Waals surface area contributed by atoms with Crippen LogP contribution in [-0.4, -0.2) is 37.1 Å². The number of rotatable bonds is 6. The Morgan fingerprint density at radius 1 is 1.37 bits per heavy atom. The summed E-state index contributed by atoms with van der Waals surface area (Å²) in [5.74, 6) is 3.96. The van der Waals surface area contributed by atoms with E-state index >= 15 is 0 Å². The van der Waals surface area contributed by atoms with E-state index in [9.17, 15) is 0 Å². The Hall–Kier alpha value is 0.0900. The summed E-state index contributed by atoms with van der Waals surface area (Å²) in [6, 6.07) is 0.605. The Morgan fingerprint density at radius 2 is 2.05 bits per heavy atom. The van der Waals surface area contributed by atoms with E-state index in [0.717, 1.165) is 29.9 Å². The lowest BCUT2D eigenvalue weighted by molar-refractivity contribution is 0.329. The third-order valence-corrected chi connectivity index (χ3v) is 4.32. The van der Waals surface area contributed by atoms with Crippen molar-refractivity contribution in [2.45, 2.75) is 38.6 Å². The van der Waals surface area contributed by atoms with Gasteiger partial charge in [0.1, 0.15) is 0 Å². The molecule has 0 saturated heterocycles. The van der Waals surface area contributed by atoms with Crippen molar-refractivity contribution in [3.63, 3.8) is 0 Å². The van der Waals surface area contributed by atoms with Crippen LogP contribution in [0.1, 0.15) is 32.6 Å². The molecule has 1 rings (SSSR count). The van der Waals surface area contributed by atoms with E-state index in [2.05, 4.69) is 29.1 Å². The lowest BCUT2D eigenvalue weighted by Crippen LogP contribution is -2.45. The number of nitrogens with one attached hydrogen (secondary N) is 2. The van der Waals surface area contributed by atoms with Crippen molar-refractivity contribution in [3.05, 3.63) is 12.7 Å². The van der Waals surface area contributed by atoms with Gasteiger partial charge in [0.05, 0.1) is 0 Å². The first-order valence-electron chi connectivity index (χ1n) is 6.92. The molecular weight excluding hydrogens is 369 g/mol. The Labute approximate surface area is 139 Å². The van der Waals surface area contributed by atoms with E-state index in [1.54, 1.807) is 0 Å². The van der Waals surface area contributed by atoms with E-state index < -0.39 is 0 Å². The average Bonchev–Trinajstić information content (AvgIpc) is 2.39. The summed E-state index contributed by atoms with van der Waals surface area (Å²) in [5.41, 5.74) is 0. The van der Waals surface area contributed by atoms with E-state index in [0.29, 0.717) is 6.04 Å². The standard InChI is InChI=1S/C14H27N3S.HI/c1-4-10-18-11-9-16-14(15-3)17-13-7-5-12(2)6-8-13;/h4,12-13H,1,5-11H2,2-3H3,(H2,15,16,17);1H. The summed E-state index contributed by atoms with van der Waals surface area (Å²) in [6.07, 6.45) is 7.16. The lowest BCUT2D eigenvalue weighted by atomic mass is 9.87. The van der Waals surface area contributed by atoms with Gasteiger partial charge in [-0.25, -0.2) is 0 Å². The molecule has 19 heavy (non-hydrogen) atoms. The van der Waals surface area contributed by atoms with Crippen LogP contribution in [-0.2, 0) is 0 Å². The minimum absolute atomic E-state index is 0. The Bertz CT molecular complexity index is 263. The van der Waals surface area contributed by atoms with E-state index in [1.165, 1.54) is 25.7 Å². The quantitative estimate of drug-likeness (QED) is 0.238. The van der Waals surface area contributed by atoms with E-state index in [1.807, 2.05) is 24.9 Å². The number of hydrogen-bond acceptors (Lipinski definition) is 2. The number of aliphatic imine (C=N–C) groups is 1. The average molecular weight is 397 g/mol. The van der Waals surface area contributed by atoms with Crippen molar-refractivity contribution >= 4 is 41.7 Å². The molecule has 112 valence electrons. The minimum Gasteiger partial charge on any atom is -0.356 e. The van der Waals surface area contributed by atoms with Crippen molar-refractivity contribution in [2.75, 3.05) is 25.1 Å². The summed E-state index contributed by atoms with van der Waals surface area (Å²) in [7, 11) is 1.84. The van der Waals surface area contributed by atoms with Gasteiger partial charge in [0.25, 0.3) is 0 Å². The Kier molecular flexibility index (Phi) is 11.9. The van der Waals surface area contributed by atoms with Gasteiger partial charge in [0.2, 0.25) is 0 Å². The SMILES string of the molecule is C=CCSCCNC(=NC)NC1CCC(C)CC1.I. The first-order chi connectivity index (χ1) is 8.76. The molecule has 0 bridgehead atoms. The van der Waals surface area contributed by atoms with Crippen molar-refractivity contribution in [1.82, 2.24) is 10.6 Å². The zero-order chi connectivity index (χ0) is 13.2. The highest BCUT2D eigenvalue weighted by Gasteiger charge is 2.18. The normalized spacial score (nSPS) is 23.4. The summed E-state index contributed by atoms with van der Waals surface area (Å²) in [4.78, 5) is 4.28. The van der Waals surface area contributed by atoms with Crippen molar-refractivity contribution < 1.29 is 0 Å². The second-order valence-electron chi connectivity index (χ2n) is 4.96. The minimum atomic E-state index is 0. The fourth-order valence-corrected chi connectivity index (χ4v) is 2.78. The van der Waals surface area contributed by atoms with Crippen LogP contribution in [0.4, 0.5) is 0 Å². The zero-order valence-electron chi connectivity index (χ0n) is 12.2. The monoisotopic (exact) mass is 397 g/mol. The third kappa shape index (κ3) is 8.78. The molecule has 1 saturated carbocycles. The van der Waals surface area contributed by atoms with Crippen LogP contribution in [0.15, 0.2) is 17.6 Å². The molecule has 1 aliphatic rings. The molecule has 0 aromatic heterocycles. The fourth-order valence-electron chi connectivity index (χ4n) is 2.20. The number of nitrogens with zero attached hydrogens (tertiary/aromatic N) is 1. The lowest BCUT2D eigenvalue weighted by Gasteiger charge is -2.28. The predicted molar refractivity (Wildman–Crippen MR) is 98.9 cm³/mol.